The minimum Gasteiger partial charge on any atom is -0.465 e. The Balaban J connectivity index is 2.32. The average molecular weight is 265 g/mol. The lowest BCUT2D eigenvalue weighted by molar-refractivity contribution is -0.143. The van der Waals surface area contributed by atoms with Crippen LogP contribution in [0.2, 0.25) is 0 Å². The number of fused-ring (bicyclic) bond motifs is 1. The molecule has 0 amide bonds. The molecule has 0 bridgehead atoms. The minimum absolute atomic E-state index is 0.0302. The summed E-state index contributed by atoms with van der Waals surface area (Å²) in [6, 6.07) is 0. The van der Waals surface area contributed by atoms with Crippen LogP contribution in [-0.4, -0.2) is 39.3 Å². The van der Waals surface area contributed by atoms with Crippen LogP contribution in [0.25, 0.3) is 5.65 Å². The Labute approximate surface area is 109 Å². The van der Waals surface area contributed by atoms with Crippen molar-refractivity contribution >= 4 is 17.6 Å². The molecule has 0 saturated heterocycles. The van der Waals surface area contributed by atoms with Gasteiger partial charge in [-0.05, 0) is 13.8 Å². The first kappa shape index (κ1) is 13.1. The molecule has 7 nitrogen and oxygen atoms in total. The molecule has 0 N–H and O–H groups in total. The van der Waals surface area contributed by atoms with Crippen molar-refractivity contribution in [3.05, 3.63) is 24.2 Å². The Kier molecular flexibility index (Phi) is 3.84. The number of carbonyl (C=O) groups excluding carboxylic acids is 2. The van der Waals surface area contributed by atoms with E-state index in [0.717, 1.165) is 0 Å². The van der Waals surface area contributed by atoms with E-state index in [9.17, 15) is 9.59 Å². The molecule has 0 aromatic carbocycles. The SMILES string of the molecule is CCOC(=O)Cn1ccn2ncc(C(=O)OCC)c12. The van der Waals surface area contributed by atoms with Crippen LogP contribution in [0.3, 0.4) is 0 Å². The third kappa shape index (κ3) is 2.59. The highest BCUT2D eigenvalue weighted by molar-refractivity contribution is 5.96. The van der Waals surface area contributed by atoms with Gasteiger partial charge in [-0.2, -0.15) is 5.10 Å². The number of esters is 2. The molecule has 102 valence electrons. The number of imidazole rings is 1. The number of ether oxygens (including phenoxy) is 2. The molecule has 0 atom stereocenters. The molecule has 0 saturated carbocycles. The van der Waals surface area contributed by atoms with E-state index >= 15 is 0 Å². The summed E-state index contributed by atoms with van der Waals surface area (Å²) < 4.78 is 13.0. The molecular weight excluding hydrogens is 250 g/mol. The predicted molar refractivity (Wildman–Crippen MR) is 65.8 cm³/mol. The van der Waals surface area contributed by atoms with Crippen molar-refractivity contribution in [2.24, 2.45) is 0 Å². The van der Waals surface area contributed by atoms with Gasteiger partial charge in [-0.3, -0.25) is 4.79 Å². The summed E-state index contributed by atoms with van der Waals surface area (Å²) in [4.78, 5) is 23.3. The molecule has 0 aliphatic rings. The molecule has 2 rings (SSSR count). The second-order valence-electron chi connectivity index (χ2n) is 3.78. The lowest BCUT2D eigenvalue weighted by Crippen LogP contribution is -2.14. The zero-order chi connectivity index (χ0) is 13.8. The van der Waals surface area contributed by atoms with E-state index in [2.05, 4.69) is 5.10 Å². The number of aromatic nitrogens is 3. The molecule has 2 heterocycles. The van der Waals surface area contributed by atoms with Crippen molar-refractivity contribution in [1.82, 2.24) is 14.2 Å². The van der Waals surface area contributed by atoms with Gasteiger partial charge in [0, 0.05) is 12.4 Å². The first-order valence-electron chi connectivity index (χ1n) is 6.02. The summed E-state index contributed by atoms with van der Waals surface area (Å²) in [5.41, 5.74) is 0.850. The van der Waals surface area contributed by atoms with Crippen molar-refractivity contribution in [2.45, 2.75) is 20.4 Å². The fourth-order valence-corrected chi connectivity index (χ4v) is 1.79. The van der Waals surface area contributed by atoms with Crippen LogP contribution in [0.5, 0.6) is 0 Å². The van der Waals surface area contributed by atoms with E-state index in [0.29, 0.717) is 17.8 Å². The second kappa shape index (κ2) is 5.55. The van der Waals surface area contributed by atoms with Crippen molar-refractivity contribution in [1.29, 1.82) is 0 Å². The topological polar surface area (TPSA) is 74.8 Å². The number of nitrogens with zero attached hydrogens (tertiary/aromatic N) is 3. The van der Waals surface area contributed by atoms with Gasteiger partial charge in [0.2, 0.25) is 0 Å². The van der Waals surface area contributed by atoms with E-state index in [1.165, 1.54) is 10.7 Å². The van der Waals surface area contributed by atoms with E-state index in [-0.39, 0.29) is 19.1 Å². The Hall–Kier alpha value is -2.31. The molecule has 2 aromatic heterocycles. The molecule has 0 aliphatic heterocycles. The van der Waals surface area contributed by atoms with Gasteiger partial charge < -0.3 is 14.0 Å². The maximum atomic E-state index is 11.8. The van der Waals surface area contributed by atoms with Crippen molar-refractivity contribution < 1.29 is 19.1 Å². The first-order chi connectivity index (χ1) is 9.17. The molecule has 7 heteroatoms. The molecular formula is C12H15N3O4. The van der Waals surface area contributed by atoms with Crippen molar-refractivity contribution in [3.63, 3.8) is 0 Å². The van der Waals surface area contributed by atoms with E-state index in [1.807, 2.05) is 0 Å². The molecule has 0 unspecified atom stereocenters. The average Bonchev–Trinajstić information content (AvgIpc) is 2.93. The number of carbonyl (C=O) groups is 2. The predicted octanol–water partition coefficient (Wildman–Crippen LogP) is 0.876. The van der Waals surface area contributed by atoms with Gasteiger partial charge in [0.05, 0.1) is 19.4 Å². The van der Waals surface area contributed by atoms with Gasteiger partial charge in [-0.15, -0.1) is 0 Å². The van der Waals surface area contributed by atoms with Gasteiger partial charge in [-0.25, -0.2) is 9.31 Å². The first-order valence-corrected chi connectivity index (χ1v) is 6.02. The maximum Gasteiger partial charge on any atom is 0.343 e. The lowest BCUT2D eigenvalue weighted by Gasteiger charge is -2.05. The second-order valence-corrected chi connectivity index (χ2v) is 3.78. The highest BCUT2D eigenvalue weighted by atomic mass is 16.5. The summed E-state index contributed by atoms with van der Waals surface area (Å²) in [5.74, 6) is -0.821. The largest absolute Gasteiger partial charge is 0.465 e. The highest BCUT2D eigenvalue weighted by Gasteiger charge is 2.18. The Morgan fingerprint density at radius 2 is 1.95 bits per heavy atom. The third-order valence-electron chi connectivity index (χ3n) is 2.53. The Morgan fingerprint density at radius 1 is 1.21 bits per heavy atom. The fraction of sp³-hybridized carbons (Fsp3) is 0.417. The van der Waals surface area contributed by atoms with Crippen LogP contribution in [0.15, 0.2) is 18.6 Å². The summed E-state index contributed by atoms with van der Waals surface area (Å²) in [7, 11) is 0. The van der Waals surface area contributed by atoms with Gasteiger partial charge in [0.25, 0.3) is 0 Å². The van der Waals surface area contributed by atoms with Crippen LogP contribution in [0, 0.1) is 0 Å². The van der Waals surface area contributed by atoms with Crippen molar-refractivity contribution in [2.75, 3.05) is 13.2 Å². The van der Waals surface area contributed by atoms with Crippen LogP contribution >= 0.6 is 0 Å². The Morgan fingerprint density at radius 3 is 2.63 bits per heavy atom. The Bertz CT molecular complexity index is 599. The summed E-state index contributed by atoms with van der Waals surface area (Å²) in [6.07, 6.45) is 4.76. The maximum absolute atomic E-state index is 11.8. The van der Waals surface area contributed by atoms with E-state index in [4.69, 9.17) is 9.47 Å². The molecule has 0 spiro atoms. The zero-order valence-electron chi connectivity index (χ0n) is 10.8. The normalized spacial score (nSPS) is 10.6. The van der Waals surface area contributed by atoms with Crippen LogP contribution in [0.1, 0.15) is 24.2 Å². The highest BCUT2D eigenvalue weighted by Crippen LogP contribution is 2.13. The number of rotatable bonds is 5. The lowest BCUT2D eigenvalue weighted by atomic mass is 10.3. The molecule has 2 aromatic rings. The monoisotopic (exact) mass is 265 g/mol. The van der Waals surface area contributed by atoms with Crippen LogP contribution < -0.4 is 0 Å². The molecule has 0 fully saturated rings. The third-order valence-corrected chi connectivity index (χ3v) is 2.53. The quantitative estimate of drug-likeness (QED) is 0.750. The van der Waals surface area contributed by atoms with E-state index < -0.39 is 5.97 Å². The molecule has 0 radical (unpaired) electrons. The standard InChI is InChI=1S/C12H15N3O4/c1-3-18-10(16)8-14-5-6-15-11(14)9(7-13-15)12(17)19-4-2/h5-7H,3-4,8H2,1-2H3. The molecule has 19 heavy (non-hydrogen) atoms. The van der Waals surface area contributed by atoms with Crippen LogP contribution in [0.4, 0.5) is 0 Å². The van der Waals surface area contributed by atoms with Crippen LogP contribution in [-0.2, 0) is 20.8 Å². The smallest absolute Gasteiger partial charge is 0.343 e. The fourth-order valence-electron chi connectivity index (χ4n) is 1.79. The van der Waals surface area contributed by atoms with Crippen molar-refractivity contribution in [3.8, 4) is 0 Å². The summed E-state index contributed by atoms with van der Waals surface area (Å²) in [6.45, 7) is 4.11. The number of hydrogen-bond acceptors (Lipinski definition) is 5. The number of hydrogen-bond donors (Lipinski definition) is 0. The van der Waals surface area contributed by atoms with E-state index in [1.54, 1.807) is 30.8 Å². The van der Waals surface area contributed by atoms with Gasteiger partial charge in [-0.1, -0.05) is 0 Å². The van der Waals surface area contributed by atoms with Gasteiger partial charge >= 0.3 is 11.9 Å². The zero-order valence-corrected chi connectivity index (χ0v) is 10.8. The summed E-state index contributed by atoms with van der Waals surface area (Å²) >= 11 is 0. The molecule has 0 aliphatic carbocycles. The summed E-state index contributed by atoms with van der Waals surface area (Å²) in [5, 5.41) is 4.04. The van der Waals surface area contributed by atoms with Gasteiger partial charge in [0.15, 0.2) is 5.65 Å². The minimum atomic E-state index is -0.457. The van der Waals surface area contributed by atoms with Gasteiger partial charge in [0.1, 0.15) is 12.1 Å².